The molecule has 0 spiro atoms. The molecule has 0 saturated heterocycles. The van der Waals surface area contributed by atoms with Crippen LogP contribution in [0.3, 0.4) is 0 Å². The number of amides is 4. The maximum absolute atomic E-state index is 14.2. The number of aromatic nitrogens is 2. The van der Waals surface area contributed by atoms with E-state index in [1.54, 1.807) is 70.5 Å². The number of alkyl halides is 2. The minimum Gasteiger partial charge on any atom is -0.426 e. The summed E-state index contributed by atoms with van der Waals surface area (Å²) < 4.78 is 11.2. The third kappa shape index (κ3) is 7.12. The normalized spacial score (nSPS) is 15.4. The van der Waals surface area contributed by atoms with Crippen molar-refractivity contribution in [1.82, 2.24) is 9.97 Å². The Balaban J connectivity index is 0.854. The number of nitrogens with one attached hydrogen (secondary N) is 4. The SMILES string of the molecule is CC(=O)Oc1cc2c(c3ccccc13)C(CCl)CN2C(=O)c1cc2cc(NC(=O)Nc3ccc4[nH]c(C(=O)N5C[C@@H](CCl)c6c5cc(OC(C)=O)c5ccccc65)cc4c3)ccc2[nH]1. The first-order chi connectivity index (χ1) is 31.0. The largest absolute Gasteiger partial charge is 0.426 e. The summed E-state index contributed by atoms with van der Waals surface area (Å²) in [7, 11) is 0. The number of esters is 2. The summed E-state index contributed by atoms with van der Waals surface area (Å²) >= 11 is 12.9. The smallest absolute Gasteiger partial charge is 0.323 e. The third-order valence-electron chi connectivity index (χ3n) is 11.8. The number of carbonyl (C=O) groups is 5. The number of nitrogens with zero attached hydrogens (tertiary/aromatic N) is 2. The van der Waals surface area contributed by atoms with Crippen LogP contribution in [0.15, 0.2) is 109 Å². The number of benzene rings is 6. The fourth-order valence-electron chi connectivity index (χ4n) is 9.18. The molecule has 4 heterocycles. The van der Waals surface area contributed by atoms with Gasteiger partial charge in [-0.25, -0.2) is 4.79 Å². The second kappa shape index (κ2) is 16.1. The first-order valence-corrected chi connectivity index (χ1v) is 21.6. The number of anilines is 4. The van der Waals surface area contributed by atoms with Crippen LogP contribution in [0.5, 0.6) is 11.5 Å². The van der Waals surface area contributed by atoms with E-state index in [4.69, 9.17) is 32.7 Å². The molecule has 8 aromatic rings. The first kappa shape index (κ1) is 40.7. The average Bonchev–Trinajstić information content (AvgIpc) is 4.08. The molecule has 0 saturated carbocycles. The van der Waals surface area contributed by atoms with Crippen LogP contribution in [0.2, 0.25) is 0 Å². The van der Waals surface area contributed by atoms with Gasteiger partial charge in [0.1, 0.15) is 22.9 Å². The van der Waals surface area contributed by atoms with Gasteiger partial charge in [0.25, 0.3) is 11.8 Å². The van der Waals surface area contributed by atoms with Gasteiger partial charge in [-0.15, -0.1) is 23.2 Å². The van der Waals surface area contributed by atoms with E-state index in [0.717, 1.165) is 32.7 Å². The van der Waals surface area contributed by atoms with E-state index in [1.165, 1.54) is 13.8 Å². The molecule has 2 aliphatic heterocycles. The van der Waals surface area contributed by atoms with Crippen molar-refractivity contribution >= 4 is 119 Å². The monoisotopic (exact) mass is 892 g/mol. The number of halogens is 2. The van der Waals surface area contributed by atoms with Crippen molar-refractivity contribution in [2.24, 2.45) is 0 Å². The fraction of sp³-hybridized carbons (Fsp3) is 0.163. The van der Waals surface area contributed by atoms with Gasteiger partial charge in [-0.3, -0.25) is 19.2 Å². The molecular formula is C49H38Cl2N6O7. The summed E-state index contributed by atoms with van der Waals surface area (Å²) in [4.78, 5) is 75.4. The third-order valence-corrected chi connectivity index (χ3v) is 12.6. The van der Waals surface area contributed by atoms with Crippen LogP contribution in [0.1, 0.15) is 57.8 Å². The predicted octanol–water partition coefficient (Wildman–Crippen LogP) is 10.4. The van der Waals surface area contributed by atoms with Crippen molar-refractivity contribution in [2.75, 3.05) is 45.3 Å². The molecule has 0 bridgehead atoms. The van der Waals surface area contributed by atoms with E-state index in [9.17, 15) is 24.0 Å². The van der Waals surface area contributed by atoms with Gasteiger partial charge in [-0.05, 0) is 70.4 Å². The van der Waals surface area contributed by atoms with Crippen molar-refractivity contribution in [3.8, 4) is 11.5 Å². The van der Waals surface area contributed by atoms with E-state index in [1.807, 2.05) is 48.5 Å². The Bertz CT molecular complexity index is 3070. The molecule has 64 heavy (non-hydrogen) atoms. The molecule has 4 N–H and O–H groups in total. The van der Waals surface area contributed by atoms with Gasteiger partial charge in [-0.2, -0.15) is 0 Å². The Hall–Kier alpha value is -7.35. The van der Waals surface area contributed by atoms with Gasteiger partial charge in [0.05, 0.1) is 11.4 Å². The lowest BCUT2D eigenvalue weighted by Crippen LogP contribution is -2.30. The van der Waals surface area contributed by atoms with Gasteiger partial charge in [0, 0.05) is 107 Å². The zero-order valence-electron chi connectivity index (χ0n) is 34.4. The lowest BCUT2D eigenvalue weighted by Gasteiger charge is -2.18. The molecular weight excluding hydrogens is 855 g/mol. The van der Waals surface area contributed by atoms with Crippen LogP contribution in [0.4, 0.5) is 27.5 Å². The van der Waals surface area contributed by atoms with Gasteiger partial charge in [0.15, 0.2) is 0 Å². The van der Waals surface area contributed by atoms with Crippen molar-refractivity contribution in [2.45, 2.75) is 25.7 Å². The fourth-order valence-corrected chi connectivity index (χ4v) is 9.68. The van der Waals surface area contributed by atoms with E-state index in [-0.39, 0.29) is 23.7 Å². The number of urea groups is 1. The quantitative estimate of drug-likeness (QED) is 0.0669. The van der Waals surface area contributed by atoms with Gasteiger partial charge >= 0.3 is 18.0 Å². The van der Waals surface area contributed by atoms with Crippen LogP contribution in [-0.2, 0) is 9.59 Å². The van der Waals surface area contributed by atoms with E-state index >= 15 is 0 Å². The molecule has 2 aromatic heterocycles. The highest BCUT2D eigenvalue weighted by molar-refractivity contribution is 6.20. The van der Waals surface area contributed by atoms with Crippen LogP contribution in [0.25, 0.3) is 43.4 Å². The number of carbonyl (C=O) groups excluding carboxylic acids is 5. The summed E-state index contributed by atoms with van der Waals surface area (Å²) in [5.74, 6) is -0.446. The number of hydrogen-bond donors (Lipinski definition) is 4. The maximum atomic E-state index is 14.2. The first-order valence-electron chi connectivity index (χ1n) is 20.5. The second-order valence-electron chi connectivity index (χ2n) is 16.0. The van der Waals surface area contributed by atoms with Gasteiger partial charge in [-0.1, -0.05) is 48.5 Å². The molecule has 4 amide bonds. The minimum atomic E-state index is -0.495. The lowest BCUT2D eigenvalue weighted by molar-refractivity contribution is -0.132. The average molecular weight is 894 g/mol. The van der Waals surface area contributed by atoms with Crippen LogP contribution in [0, 0.1) is 0 Å². The van der Waals surface area contributed by atoms with E-state index in [2.05, 4.69) is 20.6 Å². The number of rotatable bonds is 8. The topological polar surface area (TPSA) is 166 Å². The summed E-state index contributed by atoms with van der Waals surface area (Å²) in [5, 5.41) is 10.4. The van der Waals surface area contributed by atoms with Crippen molar-refractivity contribution < 1.29 is 33.4 Å². The zero-order valence-corrected chi connectivity index (χ0v) is 35.9. The highest BCUT2D eigenvalue weighted by Gasteiger charge is 2.37. The molecule has 1 unspecified atom stereocenters. The molecule has 320 valence electrons. The Morgan fingerprint density at radius 2 is 0.984 bits per heavy atom. The van der Waals surface area contributed by atoms with Crippen molar-refractivity contribution in [3.05, 3.63) is 132 Å². The van der Waals surface area contributed by atoms with Crippen LogP contribution >= 0.6 is 23.2 Å². The summed E-state index contributed by atoms with van der Waals surface area (Å²) in [5.41, 5.74) is 6.17. The Morgan fingerprint density at radius 1 is 0.578 bits per heavy atom. The number of fused-ring (bicyclic) bond motifs is 8. The Morgan fingerprint density at radius 3 is 1.38 bits per heavy atom. The van der Waals surface area contributed by atoms with E-state index in [0.29, 0.717) is 92.3 Å². The van der Waals surface area contributed by atoms with E-state index < -0.39 is 18.0 Å². The molecule has 15 heteroatoms. The van der Waals surface area contributed by atoms with Gasteiger partial charge in [0.2, 0.25) is 0 Å². The number of aromatic amines is 2. The summed E-state index contributed by atoms with van der Waals surface area (Å²) in [6.45, 7) is 3.37. The van der Waals surface area contributed by atoms with Crippen LogP contribution < -0.4 is 29.9 Å². The molecule has 0 aliphatic carbocycles. The molecule has 6 aromatic carbocycles. The molecule has 13 nitrogen and oxygen atoms in total. The Labute approximate surface area is 375 Å². The van der Waals surface area contributed by atoms with Crippen molar-refractivity contribution in [1.29, 1.82) is 0 Å². The zero-order chi connectivity index (χ0) is 44.4. The van der Waals surface area contributed by atoms with Crippen LogP contribution in [-0.4, -0.2) is 64.6 Å². The second-order valence-corrected chi connectivity index (χ2v) is 16.6. The predicted molar refractivity (Wildman–Crippen MR) is 250 cm³/mol. The molecule has 0 fully saturated rings. The minimum absolute atomic E-state index is 0.137. The molecule has 2 aliphatic rings. The highest BCUT2D eigenvalue weighted by atomic mass is 35.5. The number of H-pyrrole nitrogens is 2. The number of hydrogen-bond acceptors (Lipinski definition) is 7. The number of ether oxygens (including phenoxy) is 2. The van der Waals surface area contributed by atoms with Crippen molar-refractivity contribution in [3.63, 3.8) is 0 Å². The summed E-state index contributed by atoms with van der Waals surface area (Å²) in [6, 6.07) is 32.2. The molecule has 2 atom stereocenters. The molecule has 0 radical (unpaired) electrons. The Kier molecular flexibility index (Phi) is 10.2. The summed E-state index contributed by atoms with van der Waals surface area (Å²) in [6.07, 6.45) is 0. The molecule has 10 rings (SSSR count). The van der Waals surface area contributed by atoms with Gasteiger partial charge < -0.3 is 39.9 Å². The highest BCUT2D eigenvalue weighted by Crippen LogP contribution is 2.48. The lowest BCUT2D eigenvalue weighted by atomic mass is 9.95. The standard InChI is InChI=1S/C49H38Cl2N6O7/c1-25(58)63-43-19-41-45(35-9-5-3-7-33(35)43)29(21-50)23-56(41)47(60)39-17-27-15-31(11-13-37(27)54-39)52-49(62)53-32-12-14-38-28(16-32)18-40(55-38)48(61)57-24-30(22-51)46-36-10-6-4-8-34(36)44(20-42(46)57)64-26(2)59/h3-20,29-30,54-55H,21-24H2,1-2H3,(H2,52,53,62)/t29-,30?/m1/s1. The maximum Gasteiger partial charge on any atom is 0.323 e.